The summed E-state index contributed by atoms with van der Waals surface area (Å²) in [5, 5.41) is 9.26. The molecule has 0 aliphatic carbocycles. The molecular formula is C15H22N2O4. The highest BCUT2D eigenvalue weighted by molar-refractivity contribution is 5.76. The minimum atomic E-state index is -0.467. The predicted octanol–water partition coefficient (Wildman–Crippen LogP) is 0.237. The van der Waals surface area contributed by atoms with E-state index in [-0.39, 0.29) is 30.6 Å². The first-order valence-electron chi connectivity index (χ1n) is 7.13. The number of hydrogen-bond donors (Lipinski definition) is 1. The Bertz CT molecular complexity index is 553. The first-order chi connectivity index (χ1) is 9.91. The molecule has 1 atom stereocenters. The van der Waals surface area contributed by atoms with E-state index in [2.05, 4.69) is 0 Å². The predicted molar refractivity (Wildman–Crippen MR) is 77.9 cm³/mol. The summed E-state index contributed by atoms with van der Waals surface area (Å²) in [5.41, 5.74) is -0.578. The van der Waals surface area contributed by atoms with Gasteiger partial charge in [-0.3, -0.25) is 9.59 Å². The van der Waals surface area contributed by atoms with Crippen molar-refractivity contribution in [3.63, 3.8) is 0 Å². The molecule has 1 fully saturated rings. The molecule has 1 aliphatic rings. The summed E-state index contributed by atoms with van der Waals surface area (Å²) in [4.78, 5) is 25.6. The SMILES string of the molecule is CC1(C)CN(C(=O)CCn2ccccc2=O)CC(CO)O1. The fourth-order valence-corrected chi connectivity index (χ4v) is 2.60. The number of pyridine rings is 1. The second-order valence-electron chi connectivity index (χ2n) is 5.94. The molecule has 0 aromatic carbocycles. The number of morpholine rings is 1. The number of aryl methyl sites for hydroxylation is 1. The topological polar surface area (TPSA) is 71.8 Å². The molecule has 1 N–H and O–H groups in total. The molecule has 116 valence electrons. The van der Waals surface area contributed by atoms with E-state index in [4.69, 9.17) is 4.74 Å². The summed E-state index contributed by atoms with van der Waals surface area (Å²) in [6.45, 7) is 4.94. The molecular weight excluding hydrogens is 272 g/mol. The van der Waals surface area contributed by atoms with Crippen molar-refractivity contribution in [1.29, 1.82) is 0 Å². The Morgan fingerprint density at radius 2 is 2.24 bits per heavy atom. The number of aliphatic hydroxyl groups is 1. The molecule has 2 rings (SSSR count). The van der Waals surface area contributed by atoms with Crippen LogP contribution in [0.3, 0.4) is 0 Å². The van der Waals surface area contributed by atoms with Crippen LogP contribution in [0.4, 0.5) is 0 Å². The van der Waals surface area contributed by atoms with E-state index in [0.717, 1.165) is 0 Å². The highest BCUT2D eigenvalue weighted by atomic mass is 16.5. The van der Waals surface area contributed by atoms with Gasteiger partial charge >= 0.3 is 0 Å². The number of aliphatic hydroxyl groups excluding tert-OH is 1. The third kappa shape index (κ3) is 4.15. The van der Waals surface area contributed by atoms with Crippen LogP contribution in [0, 0.1) is 0 Å². The van der Waals surface area contributed by atoms with Gasteiger partial charge in [-0.1, -0.05) is 6.07 Å². The van der Waals surface area contributed by atoms with Crippen LogP contribution < -0.4 is 5.56 Å². The van der Waals surface area contributed by atoms with Crippen LogP contribution in [-0.4, -0.2) is 51.9 Å². The van der Waals surface area contributed by atoms with Crippen molar-refractivity contribution in [2.75, 3.05) is 19.7 Å². The second-order valence-corrected chi connectivity index (χ2v) is 5.94. The molecule has 0 saturated carbocycles. The zero-order valence-electron chi connectivity index (χ0n) is 12.5. The maximum Gasteiger partial charge on any atom is 0.250 e. The maximum absolute atomic E-state index is 12.3. The molecule has 1 amide bonds. The van der Waals surface area contributed by atoms with E-state index < -0.39 is 5.60 Å². The van der Waals surface area contributed by atoms with Gasteiger partial charge < -0.3 is 19.3 Å². The van der Waals surface area contributed by atoms with Crippen molar-refractivity contribution in [2.24, 2.45) is 0 Å². The van der Waals surface area contributed by atoms with Gasteiger partial charge in [0.15, 0.2) is 0 Å². The Labute approximate surface area is 123 Å². The molecule has 1 saturated heterocycles. The summed E-state index contributed by atoms with van der Waals surface area (Å²) in [6, 6.07) is 4.92. The average Bonchev–Trinajstić information content (AvgIpc) is 2.44. The van der Waals surface area contributed by atoms with Crippen molar-refractivity contribution in [3.05, 3.63) is 34.7 Å². The van der Waals surface area contributed by atoms with Crippen molar-refractivity contribution in [1.82, 2.24) is 9.47 Å². The molecule has 6 nitrogen and oxygen atoms in total. The zero-order valence-corrected chi connectivity index (χ0v) is 12.5. The first-order valence-corrected chi connectivity index (χ1v) is 7.13. The van der Waals surface area contributed by atoms with Gasteiger partial charge in [0, 0.05) is 38.3 Å². The number of hydrogen-bond acceptors (Lipinski definition) is 4. The molecule has 2 heterocycles. The van der Waals surface area contributed by atoms with E-state index in [1.165, 1.54) is 10.6 Å². The Morgan fingerprint density at radius 3 is 2.90 bits per heavy atom. The molecule has 21 heavy (non-hydrogen) atoms. The lowest BCUT2D eigenvalue weighted by molar-refractivity contribution is -0.167. The highest BCUT2D eigenvalue weighted by Crippen LogP contribution is 2.21. The summed E-state index contributed by atoms with van der Waals surface area (Å²) < 4.78 is 7.21. The van der Waals surface area contributed by atoms with Crippen LogP contribution in [0.15, 0.2) is 29.2 Å². The van der Waals surface area contributed by atoms with Crippen molar-refractivity contribution in [2.45, 2.75) is 38.5 Å². The lowest BCUT2D eigenvalue weighted by Crippen LogP contribution is -2.55. The summed E-state index contributed by atoms with van der Waals surface area (Å²) in [5.74, 6) is -0.0272. The molecule has 6 heteroatoms. The Hall–Kier alpha value is -1.66. The second kappa shape index (κ2) is 6.41. The Morgan fingerprint density at radius 1 is 1.48 bits per heavy atom. The van der Waals surface area contributed by atoms with Crippen LogP contribution in [0.1, 0.15) is 20.3 Å². The van der Waals surface area contributed by atoms with Crippen molar-refractivity contribution < 1.29 is 14.6 Å². The third-order valence-electron chi connectivity index (χ3n) is 3.50. The molecule has 1 aromatic heterocycles. The normalized spacial score (nSPS) is 21.3. The van der Waals surface area contributed by atoms with E-state index in [9.17, 15) is 14.7 Å². The van der Waals surface area contributed by atoms with Crippen LogP contribution in [0.5, 0.6) is 0 Å². The number of amides is 1. The number of nitrogens with zero attached hydrogens (tertiary/aromatic N) is 2. The number of rotatable bonds is 4. The molecule has 1 aromatic rings. The van der Waals surface area contributed by atoms with Gasteiger partial charge in [-0.25, -0.2) is 0 Å². The van der Waals surface area contributed by atoms with E-state index in [1.54, 1.807) is 23.2 Å². The van der Waals surface area contributed by atoms with Crippen LogP contribution >= 0.6 is 0 Å². The van der Waals surface area contributed by atoms with Gasteiger partial charge in [0.05, 0.1) is 18.3 Å². The fraction of sp³-hybridized carbons (Fsp3) is 0.600. The van der Waals surface area contributed by atoms with E-state index in [1.807, 2.05) is 13.8 Å². The highest BCUT2D eigenvalue weighted by Gasteiger charge is 2.34. The van der Waals surface area contributed by atoms with Crippen LogP contribution in [-0.2, 0) is 16.1 Å². The standard InChI is InChI=1S/C15H22N2O4/c1-15(2)11-17(9-12(10-18)21-15)14(20)6-8-16-7-4-3-5-13(16)19/h3-5,7,12,18H,6,8-11H2,1-2H3. The third-order valence-corrected chi connectivity index (χ3v) is 3.50. The molecule has 0 radical (unpaired) electrons. The largest absolute Gasteiger partial charge is 0.394 e. The van der Waals surface area contributed by atoms with Crippen LogP contribution in [0.25, 0.3) is 0 Å². The quantitative estimate of drug-likeness (QED) is 0.863. The van der Waals surface area contributed by atoms with Crippen molar-refractivity contribution >= 4 is 5.91 Å². The van der Waals surface area contributed by atoms with Crippen molar-refractivity contribution in [3.8, 4) is 0 Å². The Kier molecular flexibility index (Phi) is 4.80. The number of carbonyl (C=O) groups is 1. The average molecular weight is 294 g/mol. The molecule has 1 aliphatic heterocycles. The lowest BCUT2D eigenvalue weighted by atomic mass is 10.0. The van der Waals surface area contributed by atoms with E-state index >= 15 is 0 Å². The van der Waals surface area contributed by atoms with Gasteiger partial charge in [0.1, 0.15) is 0 Å². The monoisotopic (exact) mass is 294 g/mol. The Balaban J connectivity index is 1.97. The number of ether oxygens (including phenoxy) is 1. The number of aromatic nitrogens is 1. The molecule has 1 unspecified atom stereocenters. The fourth-order valence-electron chi connectivity index (χ4n) is 2.60. The van der Waals surface area contributed by atoms with Crippen LogP contribution in [0.2, 0.25) is 0 Å². The first kappa shape index (κ1) is 15.7. The lowest BCUT2D eigenvalue weighted by Gasteiger charge is -2.42. The summed E-state index contributed by atoms with van der Waals surface area (Å²) in [6.07, 6.45) is 1.59. The molecule has 0 bridgehead atoms. The van der Waals surface area contributed by atoms with Gasteiger partial charge in [-0.15, -0.1) is 0 Å². The smallest absolute Gasteiger partial charge is 0.250 e. The van der Waals surface area contributed by atoms with E-state index in [0.29, 0.717) is 19.6 Å². The summed E-state index contributed by atoms with van der Waals surface area (Å²) >= 11 is 0. The minimum Gasteiger partial charge on any atom is -0.394 e. The van der Waals surface area contributed by atoms with Gasteiger partial charge in [-0.05, 0) is 19.9 Å². The van der Waals surface area contributed by atoms with Gasteiger partial charge in [0.2, 0.25) is 5.91 Å². The van der Waals surface area contributed by atoms with Gasteiger partial charge in [-0.2, -0.15) is 0 Å². The minimum absolute atomic E-state index is 0.0272. The van der Waals surface area contributed by atoms with Gasteiger partial charge in [0.25, 0.3) is 5.56 Å². The number of carbonyl (C=O) groups excluding carboxylic acids is 1. The summed E-state index contributed by atoms with van der Waals surface area (Å²) in [7, 11) is 0. The molecule has 0 spiro atoms. The maximum atomic E-state index is 12.3. The zero-order chi connectivity index (χ0) is 15.5.